The summed E-state index contributed by atoms with van der Waals surface area (Å²) in [5, 5.41) is 12.6. The minimum atomic E-state index is -0.630. The summed E-state index contributed by atoms with van der Waals surface area (Å²) in [6, 6.07) is 4.14. The number of carbonyl (C=O) groups excluding carboxylic acids is 1. The Morgan fingerprint density at radius 1 is 1.42 bits per heavy atom. The molecule has 1 aliphatic rings. The number of benzene rings is 1. The molecule has 0 saturated heterocycles. The van der Waals surface area contributed by atoms with Gasteiger partial charge in [0.2, 0.25) is 0 Å². The number of rotatable bonds is 3. The Morgan fingerprint density at radius 3 is 2.84 bits per heavy atom. The molecule has 1 fully saturated rings. The SMILES string of the molecule is O=C(NCC1CCCCC1O)c1c(F)cccc1Cl. The highest BCUT2D eigenvalue weighted by Gasteiger charge is 2.24. The molecule has 1 aliphatic carbocycles. The topological polar surface area (TPSA) is 49.3 Å². The molecule has 1 aromatic rings. The lowest BCUT2D eigenvalue weighted by atomic mass is 9.86. The van der Waals surface area contributed by atoms with Gasteiger partial charge in [-0.15, -0.1) is 0 Å². The minimum Gasteiger partial charge on any atom is -0.393 e. The largest absolute Gasteiger partial charge is 0.393 e. The highest BCUT2D eigenvalue weighted by atomic mass is 35.5. The molecule has 1 amide bonds. The van der Waals surface area contributed by atoms with Crippen LogP contribution >= 0.6 is 11.6 Å². The average Bonchev–Trinajstić information content (AvgIpc) is 2.37. The van der Waals surface area contributed by atoms with E-state index in [4.69, 9.17) is 11.6 Å². The van der Waals surface area contributed by atoms with Crippen LogP contribution in [0.1, 0.15) is 36.0 Å². The van der Waals surface area contributed by atoms with Crippen LogP contribution in [-0.4, -0.2) is 23.7 Å². The molecule has 19 heavy (non-hydrogen) atoms. The molecule has 2 rings (SSSR count). The van der Waals surface area contributed by atoms with Crippen LogP contribution < -0.4 is 5.32 Å². The molecule has 5 heteroatoms. The number of carbonyl (C=O) groups is 1. The van der Waals surface area contributed by atoms with E-state index in [2.05, 4.69) is 5.32 Å². The molecule has 0 spiro atoms. The number of nitrogens with one attached hydrogen (secondary N) is 1. The summed E-state index contributed by atoms with van der Waals surface area (Å²) in [5.41, 5.74) is -0.130. The molecule has 0 bridgehead atoms. The van der Waals surface area contributed by atoms with Gasteiger partial charge in [-0.05, 0) is 25.0 Å². The molecule has 1 aromatic carbocycles. The summed E-state index contributed by atoms with van der Waals surface area (Å²) in [7, 11) is 0. The standard InChI is InChI=1S/C14H17ClFNO2/c15-10-5-3-6-11(16)13(10)14(19)17-8-9-4-1-2-7-12(9)18/h3,5-6,9,12,18H,1-2,4,7-8H2,(H,17,19). The van der Waals surface area contributed by atoms with Crippen molar-refractivity contribution in [1.29, 1.82) is 0 Å². The summed E-state index contributed by atoms with van der Waals surface area (Å²) in [4.78, 5) is 11.9. The summed E-state index contributed by atoms with van der Waals surface area (Å²) in [5.74, 6) is -1.11. The molecule has 2 atom stereocenters. The average molecular weight is 286 g/mol. The summed E-state index contributed by atoms with van der Waals surface area (Å²) in [6.07, 6.45) is 3.33. The fraction of sp³-hybridized carbons (Fsp3) is 0.500. The zero-order valence-corrected chi connectivity index (χ0v) is 11.3. The van der Waals surface area contributed by atoms with Crippen molar-refractivity contribution < 1.29 is 14.3 Å². The number of hydrogen-bond acceptors (Lipinski definition) is 2. The Morgan fingerprint density at radius 2 is 2.16 bits per heavy atom. The van der Waals surface area contributed by atoms with E-state index in [1.54, 1.807) is 0 Å². The molecule has 1 saturated carbocycles. The maximum Gasteiger partial charge on any atom is 0.255 e. The van der Waals surface area contributed by atoms with Crippen molar-refractivity contribution in [2.24, 2.45) is 5.92 Å². The zero-order chi connectivity index (χ0) is 13.8. The van der Waals surface area contributed by atoms with Gasteiger partial charge in [0.1, 0.15) is 5.82 Å². The van der Waals surface area contributed by atoms with E-state index in [1.807, 2.05) is 0 Å². The molecular weight excluding hydrogens is 269 g/mol. The fourth-order valence-corrected chi connectivity index (χ4v) is 2.70. The predicted molar refractivity (Wildman–Crippen MR) is 71.7 cm³/mol. The van der Waals surface area contributed by atoms with Crippen molar-refractivity contribution in [2.45, 2.75) is 31.8 Å². The van der Waals surface area contributed by atoms with Crippen molar-refractivity contribution in [3.63, 3.8) is 0 Å². The van der Waals surface area contributed by atoms with E-state index in [-0.39, 0.29) is 22.6 Å². The van der Waals surface area contributed by atoms with Gasteiger partial charge >= 0.3 is 0 Å². The second kappa shape index (κ2) is 6.35. The Hall–Kier alpha value is -1.13. The summed E-state index contributed by atoms with van der Waals surface area (Å²) in [6.45, 7) is 0.352. The lowest BCUT2D eigenvalue weighted by Crippen LogP contribution is -2.37. The van der Waals surface area contributed by atoms with Crippen LogP contribution in [0, 0.1) is 11.7 Å². The van der Waals surface area contributed by atoms with Gasteiger partial charge in [0.25, 0.3) is 5.91 Å². The first-order chi connectivity index (χ1) is 9.09. The maximum absolute atomic E-state index is 13.5. The van der Waals surface area contributed by atoms with E-state index in [0.29, 0.717) is 6.54 Å². The van der Waals surface area contributed by atoms with Crippen LogP contribution in [0.25, 0.3) is 0 Å². The maximum atomic E-state index is 13.5. The van der Waals surface area contributed by atoms with Crippen molar-refractivity contribution in [2.75, 3.05) is 6.54 Å². The lowest BCUT2D eigenvalue weighted by Gasteiger charge is -2.27. The molecule has 0 aliphatic heterocycles. The van der Waals surface area contributed by atoms with Crippen LogP contribution in [0.2, 0.25) is 5.02 Å². The Bertz CT molecular complexity index is 447. The Labute approximate surface area is 116 Å². The lowest BCUT2D eigenvalue weighted by molar-refractivity contribution is 0.0662. The third-order valence-corrected chi connectivity index (χ3v) is 3.90. The third-order valence-electron chi connectivity index (χ3n) is 3.58. The molecule has 0 aromatic heterocycles. The Balaban J connectivity index is 1.97. The molecular formula is C14H17ClFNO2. The number of aliphatic hydroxyl groups is 1. The van der Waals surface area contributed by atoms with Crippen molar-refractivity contribution in [1.82, 2.24) is 5.32 Å². The quantitative estimate of drug-likeness (QED) is 0.897. The zero-order valence-electron chi connectivity index (χ0n) is 10.5. The molecule has 104 valence electrons. The number of halogens is 2. The predicted octanol–water partition coefficient (Wildman–Crippen LogP) is 2.76. The van der Waals surface area contributed by atoms with Gasteiger partial charge in [0.05, 0.1) is 16.7 Å². The van der Waals surface area contributed by atoms with Crippen LogP contribution in [0.5, 0.6) is 0 Å². The van der Waals surface area contributed by atoms with Crippen molar-refractivity contribution in [3.05, 3.63) is 34.6 Å². The van der Waals surface area contributed by atoms with Crippen LogP contribution in [0.15, 0.2) is 18.2 Å². The molecule has 2 N–H and O–H groups in total. The first-order valence-electron chi connectivity index (χ1n) is 6.50. The molecule has 0 radical (unpaired) electrons. The first kappa shape index (κ1) is 14.3. The molecule has 2 unspecified atom stereocenters. The van der Waals surface area contributed by atoms with E-state index < -0.39 is 11.7 Å². The van der Waals surface area contributed by atoms with Gasteiger partial charge in [-0.25, -0.2) is 4.39 Å². The van der Waals surface area contributed by atoms with Crippen molar-refractivity contribution >= 4 is 17.5 Å². The van der Waals surface area contributed by atoms with Gasteiger partial charge in [0.15, 0.2) is 0 Å². The second-order valence-corrected chi connectivity index (χ2v) is 5.33. The van der Waals surface area contributed by atoms with Gasteiger partial charge in [-0.1, -0.05) is 30.5 Å². The summed E-state index contributed by atoms with van der Waals surface area (Å²) < 4.78 is 13.5. The van der Waals surface area contributed by atoms with Gasteiger partial charge in [-0.2, -0.15) is 0 Å². The molecule has 0 heterocycles. The van der Waals surface area contributed by atoms with E-state index in [0.717, 1.165) is 25.7 Å². The van der Waals surface area contributed by atoms with Gasteiger partial charge in [0, 0.05) is 12.5 Å². The smallest absolute Gasteiger partial charge is 0.255 e. The minimum absolute atomic E-state index is 0.0447. The van der Waals surface area contributed by atoms with Gasteiger partial charge < -0.3 is 10.4 Å². The van der Waals surface area contributed by atoms with E-state index >= 15 is 0 Å². The monoisotopic (exact) mass is 285 g/mol. The molecule has 3 nitrogen and oxygen atoms in total. The number of hydrogen-bond donors (Lipinski definition) is 2. The third kappa shape index (κ3) is 3.45. The second-order valence-electron chi connectivity index (χ2n) is 4.92. The Kier molecular flexibility index (Phi) is 4.77. The van der Waals surface area contributed by atoms with Crippen LogP contribution in [-0.2, 0) is 0 Å². The fourth-order valence-electron chi connectivity index (χ4n) is 2.45. The van der Waals surface area contributed by atoms with E-state index in [9.17, 15) is 14.3 Å². The van der Waals surface area contributed by atoms with Crippen LogP contribution in [0.3, 0.4) is 0 Å². The van der Waals surface area contributed by atoms with E-state index in [1.165, 1.54) is 18.2 Å². The highest BCUT2D eigenvalue weighted by Crippen LogP contribution is 2.24. The summed E-state index contributed by atoms with van der Waals surface area (Å²) >= 11 is 5.82. The number of amides is 1. The first-order valence-corrected chi connectivity index (χ1v) is 6.87. The highest BCUT2D eigenvalue weighted by molar-refractivity contribution is 6.33. The van der Waals surface area contributed by atoms with Crippen molar-refractivity contribution in [3.8, 4) is 0 Å². The van der Waals surface area contributed by atoms with Crippen LogP contribution in [0.4, 0.5) is 4.39 Å². The van der Waals surface area contributed by atoms with Gasteiger partial charge in [-0.3, -0.25) is 4.79 Å². The normalized spacial score (nSPS) is 23.1. The number of aliphatic hydroxyl groups excluding tert-OH is 1.